The van der Waals surface area contributed by atoms with Gasteiger partial charge in [-0.05, 0) is 69.2 Å². The number of pyridine rings is 1. The number of rotatable bonds is 4. The zero-order chi connectivity index (χ0) is 26.2. The second-order valence-corrected chi connectivity index (χ2v) is 10.5. The van der Waals surface area contributed by atoms with Crippen LogP contribution in [-0.2, 0) is 4.74 Å². The number of halogens is 1. The second-order valence-electron chi connectivity index (χ2n) is 10.1. The molecular formula is C28H28ClN5O3. The van der Waals surface area contributed by atoms with Gasteiger partial charge in [-0.3, -0.25) is 9.69 Å². The van der Waals surface area contributed by atoms with Crippen molar-refractivity contribution in [1.82, 2.24) is 19.9 Å². The Bertz CT molecular complexity index is 1460. The number of fused-ring (bicyclic) bond motifs is 1. The molecule has 9 heteroatoms. The zero-order valence-electron chi connectivity index (χ0n) is 20.9. The topological polar surface area (TPSA) is 91.4 Å². The molecule has 8 nitrogen and oxygen atoms in total. The maximum absolute atomic E-state index is 14.1. The van der Waals surface area contributed by atoms with Crippen LogP contribution in [0, 0.1) is 0 Å². The van der Waals surface area contributed by atoms with Crippen LogP contribution in [0.1, 0.15) is 49.0 Å². The van der Waals surface area contributed by atoms with E-state index in [1.807, 2.05) is 57.2 Å². The highest BCUT2D eigenvalue weighted by Crippen LogP contribution is 2.34. The van der Waals surface area contributed by atoms with E-state index in [1.165, 1.54) is 0 Å². The smallest absolute Gasteiger partial charge is 0.410 e. The first kappa shape index (κ1) is 24.8. The molecule has 190 valence electrons. The van der Waals surface area contributed by atoms with Crippen LogP contribution in [0.25, 0.3) is 11.0 Å². The van der Waals surface area contributed by atoms with Gasteiger partial charge in [0.2, 0.25) is 0 Å². The Labute approximate surface area is 220 Å². The average molecular weight is 518 g/mol. The van der Waals surface area contributed by atoms with Crippen LogP contribution in [0.15, 0.2) is 67.1 Å². The lowest BCUT2D eigenvalue weighted by atomic mass is 9.96. The number of ether oxygens (including phenoxy) is 1. The molecule has 2 amide bonds. The van der Waals surface area contributed by atoms with Gasteiger partial charge in [-0.15, -0.1) is 0 Å². The number of para-hydroxylation sites is 1. The maximum Gasteiger partial charge on any atom is 0.410 e. The van der Waals surface area contributed by atoms with Crippen LogP contribution in [-0.4, -0.2) is 50.5 Å². The first-order valence-corrected chi connectivity index (χ1v) is 12.5. The molecule has 1 aliphatic rings. The molecule has 1 unspecified atom stereocenters. The Morgan fingerprint density at radius 3 is 2.70 bits per heavy atom. The minimum atomic E-state index is -0.544. The van der Waals surface area contributed by atoms with Gasteiger partial charge in [0.1, 0.15) is 16.3 Å². The number of anilines is 2. The molecule has 37 heavy (non-hydrogen) atoms. The Hall–Kier alpha value is -3.91. The van der Waals surface area contributed by atoms with Crippen molar-refractivity contribution in [1.29, 1.82) is 0 Å². The number of nitrogens with one attached hydrogen (secondary N) is 1. The molecule has 0 radical (unpaired) electrons. The van der Waals surface area contributed by atoms with Gasteiger partial charge in [0.15, 0.2) is 0 Å². The summed E-state index contributed by atoms with van der Waals surface area (Å²) in [7, 11) is 0. The highest BCUT2D eigenvalue weighted by atomic mass is 35.5. The standard InChI is InChI=1S/C28H28ClN5O3/c1-28(2,3)37-27(36)33-13-11-20(16-33)18-6-4-7-19(14-18)26(35)34(21-10-12-30-24(29)15-21)23-9-5-8-22-25(23)32-17-31-22/h4-10,12,14-15,17,20H,11,13,16H2,1-3H3,(H,31,32). The van der Waals surface area contributed by atoms with Gasteiger partial charge in [-0.1, -0.05) is 29.8 Å². The zero-order valence-corrected chi connectivity index (χ0v) is 21.7. The molecule has 0 aliphatic carbocycles. The molecule has 4 aromatic rings. The summed E-state index contributed by atoms with van der Waals surface area (Å²) in [5.41, 5.74) is 3.69. The Balaban J connectivity index is 1.46. The summed E-state index contributed by atoms with van der Waals surface area (Å²) in [6.07, 6.45) is 3.67. The molecule has 3 heterocycles. The molecule has 2 aromatic carbocycles. The predicted molar refractivity (Wildman–Crippen MR) is 143 cm³/mol. The molecule has 0 saturated carbocycles. The SMILES string of the molecule is CC(C)(C)OC(=O)N1CCC(c2cccc(C(=O)N(c3ccnc(Cl)c3)c3cccc4[nH]cnc34)c2)C1. The molecule has 1 N–H and O–H groups in total. The van der Waals surface area contributed by atoms with Gasteiger partial charge in [0.05, 0.1) is 23.2 Å². The van der Waals surface area contributed by atoms with Crippen LogP contribution in [0.5, 0.6) is 0 Å². The quantitative estimate of drug-likeness (QED) is 0.320. The average Bonchev–Trinajstić information content (AvgIpc) is 3.54. The van der Waals surface area contributed by atoms with Gasteiger partial charge in [0.25, 0.3) is 5.91 Å². The van der Waals surface area contributed by atoms with E-state index in [0.717, 1.165) is 17.5 Å². The van der Waals surface area contributed by atoms with E-state index in [4.69, 9.17) is 16.3 Å². The van der Waals surface area contributed by atoms with E-state index in [1.54, 1.807) is 40.5 Å². The molecule has 0 spiro atoms. The number of H-pyrrole nitrogens is 1. The first-order valence-electron chi connectivity index (χ1n) is 12.2. The molecule has 5 rings (SSSR count). The lowest BCUT2D eigenvalue weighted by Gasteiger charge is -2.25. The Morgan fingerprint density at radius 2 is 1.92 bits per heavy atom. The number of carbonyl (C=O) groups excluding carboxylic acids is 2. The van der Waals surface area contributed by atoms with Crippen molar-refractivity contribution in [2.45, 2.75) is 38.7 Å². The minimum absolute atomic E-state index is 0.110. The number of imidazole rings is 1. The molecule has 1 atom stereocenters. The van der Waals surface area contributed by atoms with Crippen molar-refractivity contribution >= 4 is 46.0 Å². The number of aromatic nitrogens is 3. The van der Waals surface area contributed by atoms with E-state index >= 15 is 0 Å². The van der Waals surface area contributed by atoms with Crippen molar-refractivity contribution in [2.24, 2.45) is 0 Å². The van der Waals surface area contributed by atoms with Crippen molar-refractivity contribution in [3.8, 4) is 0 Å². The third kappa shape index (κ3) is 5.29. The first-order chi connectivity index (χ1) is 17.7. The van der Waals surface area contributed by atoms with Crippen molar-refractivity contribution in [2.75, 3.05) is 18.0 Å². The second kappa shape index (κ2) is 9.86. The van der Waals surface area contributed by atoms with Gasteiger partial charge < -0.3 is 14.6 Å². The normalized spacial score (nSPS) is 15.7. The summed E-state index contributed by atoms with van der Waals surface area (Å²) in [5, 5.41) is 0.284. The molecule has 0 bridgehead atoms. The molecule has 2 aromatic heterocycles. The molecule has 1 aliphatic heterocycles. The minimum Gasteiger partial charge on any atom is -0.444 e. The number of aromatic amines is 1. The highest BCUT2D eigenvalue weighted by Gasteiger charge is 2.31. The summed E-state index contributed by atoms with van der Waals surface area (Å²) in [6.45, 7) is 6.74. The molecule has 1 saturated heterocycles. The third-order valence-corrected chi connectivity index (χ3v) is 6.49. The van der Waals surface area contributed by atoms with Crippen molar-refractivity contribution in [3.05, 3.63) is 83.4 Å². The highest BCUT2D eigenvalue weighted by molar-refractivity contribution is 6.29. The lowest BCUT2D eigenvalue weighted by Crippen LogP contribution is -2.35. The summed E-state index contributed by atoms with van der Waals surface area (Å²) < 4.78 is 5.54. The molecule has 1 fully saturated rings. The fraction of sp³-hybridized carbons (Fsp3) is 0.286. The largest absolute Gasteiger partial charge is 0.444 e. The number of benzene rings is 2. The van der Waals surface area contributed by atoms with E-state index in [9.17, 15) is 9.59 Å². The van der Waals surface area contributed by atoms with Crippen LogP contribution in [0.3, 0.4) is 0 Å². The van der Waals surface area contributed by atoms with Crippen LogP contribution < -0.4 is 4.90 Å². The summed E-state index contributed by atoms with van der Waals surface area (Å²) in [6, 6.07) is 16.6. The van der Waals surface area contributed by atoms with Gasteiger partial charge in [0, 0.05) is 30.8 Å². The number of carbonyl (C=O) groups is 2. The number of hydrogen-bond donors (Lipinski definition) is 1. The Morgan fingerprint density at radius 1 is 1.11 bits per heavy atom. The summed E-state index contributed by atoms with van der Waals surface area (Å²) >= 11 is 6.20. The van der Waals surface area contributed by atoms with E-state index < -0.39 is 5.60 Å². The van der Waals surface area contributed by atoms with Gasteiger partial charge >= 0.3 is 6.09 Å². The fourth-order valence-electron chi connectivity index (χ4n) is 4.61. The van der Waals surface area contributed by atoms with Crippen molar-refractivity contribution < 1.29 is 14.3 Å². The third-order valence-electron chi connectivity index (χ3n) is 6.29. The molecular weight excluding hydrogens is 490 g/mol. The lowest BCUT2D eigenvalue weighted by molar-refractivity contribution is 0.0292. The van der Waals surface area contributed by atoms with Crippen LogP contribution in [0.2, 0.25) is 5.15 Å². The number of hydrogen-bond acceptors (Lipinski definition) is 5. The fourth-order valence-corrected chi connectivity index (χ4v) is 4.77. The Kier molecular flexibility index (Phi) is 6.60. The summed E-state index contributed by atoms with van der Waals surface area (Å²) in [5.74, 6) is -0.111. The number of amides is 2. The van der Waals surface area contributed by atoms with Crippen molar-refractivity contribution in [3.63, 3.8) is 0 Å². The van der Waals surface area contributed by atoms with Crippen LogP contribution in [0.4, 0.5) is 16.2 Å². The number of likely N-dealkylation sites (tertiary alicyclic amines) is 1. The van der Waals surface area contributed by atoms with E-state index in [0.29, 0.717) is 35.5 Å². The maximum atomic E-state index is 14.1. The van der Waals surface area contributed by atoms with E-state index in [2.05, 4.69) is 15.0 Å². The van der Waals surface area contributed by atoms with Gasteiger partial charge in [-0.2, -0.15) is 0 Å². The van der Waals surface area contributed by atoms with Crippen LogP contribution >= 0.6 is 11.6 Å². The monoisotopic (exact) mass is 517 g/mol. The predicted octanol–water partition coefficient (Wildman–Crippen LogP) is 6.31. The van der Waals surface area contributed by atoms with E-state index in [-0.39, 0.29) is 23.1 Å². The summed E-state index contributed by atoms with van der Waals surface area (Å²) in [4.78, 5) is 41.6. The van der Waals surface area contributed by atoms with Gasteiger partial charge in [-0.25, -0.2) is 14.8 Å². The number of nitrogens with zero attached hydrogens (tertiary/aromatic N) is 4.